The molecular formula is C16H18FN3OS. The summed E-state index contributed by atoms with van der Waals surface area (Å²) in [6, 6.07) is 6.97. The predicted octanol–water partition coefficient (Wildman–Crippen LogP) is 3.45. The Balaban J connectivity index is 1.55. The van der Waals surface area contributed by atoms with Crippen molar-refractivity contribution in [2.75, 3.05) is 18.4 Å². The molecule has 1 aliphatic rings. The van der Waals surface area contributed by atoms with E-state index in [9.17, 15) is 9.18 Å². The minimum Gasteiger partial charge on any atom is -0.302 e. The standard InChI is InChI=1S/C16H18FN3OS/c17-13-5-3-12(4-6-13)14-2-1-9-20(14)10-7-15(21)19-16-18-8-11-22-16/h3-6,8,11,14H,1-2,7,9-10H2,(H,18,19,21)/t14-/m0/s1. The molecule has 22 heavy (non-hydrogen) atoms. The van der Waals surface area contributed by atoms with Crippen molar-refractivity contribution in [1.29, 1.82) is 0 Å². The zero-order valence-corrected chi connectivity index (χ0v) is 13.0. The lowest BCUT2D eigenvalue weighted by molar-refractivity contribution is -0.116. The molecule has 1 aromatic carbocycles. The fourth-order valence-corrected chi connectivity index (χ4v) is 3.41. The molecule has 0 aliphatic carbocycles. The van der Waals surface area contributed by atoms with Crippen LogP contribution in [-0.4, -0.2) is 28.9 Å². The molecule has 1 amide bonds. The molecule has 0 spiro atoms. The first-order chi connectivity index (χ1) is 10.7. The third kappa shape index (κ3) is 3.69. The van der Waals surface area contributed by atoms with Crippen LogP contribution < -0.4 is 5.32 Å². The Labute approximate surface area is 133 Å². The summed E-state index contributed by atoms with van der Waals surface area (Å²) < 4.78 is 13.0. The van der Waals surface area contributed by atoms with Gasteiger partial charge in [0.15, 0.2) is 5.13 Å². The summed E-state index contributed by atoms with van der Waals surface area (Å²) in [5, 5.41) is 5.27. The van der Waals surface area contributed by atoms with Crippen molar-refractivity contribution in [2.24, 2.45) is 0 Å². The highest BCUT2D eigenvalue weighted by molar-refractivity contribution is 7.13. The van der Waals surface area contributed by atoms with E-state index in [1.807, 2.05) is 17.5 Å². The molecular weight excluding hydrogens is 301 g/mol. The number of likely N-dealkylation sites (tertiary alicyclic amines) is 1. The summed E-state index contributed by atoms with van der Waals surface area (Å²) in [6.07, 6.45) is 4.28. The Morgan fingerprint density at radius 3 is 2.95 bits per heavy atom. The van der Waals surface area contributed by atoms with Gasteiger partial charge in [0.2, 0.25) is 5.91 Å². The van der Waals surface area contributed by atoms with E-state index in [1.54, 1.807) is 6.20 Å². The zero-order valence-electron chi connectivity index (χ0n) is 12.2. The minimum atomic E-state index is -0.212. The van der Waals surface area contributed by atoms with Gasteiger partial charge in [0.05, 0.1) is 0 Å². The molecule has 0 saturated carbocycles. The van der Waals surface area contributed by atoms with Gasteiger partial charge in [0.25, 0.3) is 0 Å². The van der Waals surface area contributed by atoms with Gasteiger partial charge in [-0.25, -0.2) is 9.37 Å². The maximum Gasteiger partial charge on any atom is 0.227 e. The Hall–Kier alpha value is -1.79. The minimum absolute atomic E-state index is 0.0142. The van der Waals surface area contributed by atoms with E-state index in [1.165, 1.54) is 23.5 Å². The van der Waals surface area contributed by atoms with Crippen molar-refractivity contribution in [3.8, 4) is 0 Å². The molecule has 4 nitrogen and oxygen atoms in total. The quantitative estimate of drug-likeness (QED) is 0.918. The largest absolute Gasteiger partial charge is 0.302 e. The molecule has 1 atom stereocenters. The van der Waals surface area contributed by atoms with Crippen LogP contribution in [-0.2, 0) is 4.79 Å². The SMILES string of the molecule is O=C(CCN1CCC[C@H]1c1ccc(F)cc1)Nc1nccs1. The number of carbonyl (C=O) groups is 1. The molecule has 0 radical (unpaired) electrons. The predicted molar refractivity (Wildman–Crippen MR) is 85.3 cm³/mol. The Morgan fingerprint density at radius 2 is 2.23 bits per heavy atom. The van der Waals surface area contributed by atoms with Crippen molar-refractivity contribution < 1.29 is 9.18 Å². The molecule has 1 N–H and O–H groups in total. The molecule has 6 heteroatoms. The van der Waals surface area contributed by atoms with Crippen LogP contribution in [0.3, 0.4) is 0 Å². The number of aromatic nitrogens is 1. The van der Waals surface area contributed by atoms with Crippen molar-refractivity contribution in [3.05, 3.63) is 47.2 Å². The maximum absolute atomic E-state index is 13.0. The van der Waals surface area contributed by atoms with E-state index in [-0.39, 0.29) is 17.8 Å². The van der Waals surface area contributed by atoms with Crippen molar-refractivity contribution in [1.82, 2.24) is 9.88 Å². The van der Waals surface area contributed by atoms with Gasteiger partial charge in [-0.3, -0.25) is 9.69 Å². The number of halogens is 1. The number of nitrogens with one attached hydrogen (secondary N) is 1. The number of carbonyl (C=O) groups excluding carboxylic acids is 1. The Morgan fingerprint density at radius 1 is 1.41 bits per heavy atom. The number of hydrogen-bond donors (Lipinski definition) is 1. The van der Waals surface area contributed by atoms with Crippen LogP contribution >= 0.6 is 11.3 Å². The van der Waals surface area contributed by atoms with Crippen LogP contribution in [0.15, 0.2) is 35.8 Å². The van der Waals surface area contributed by atoms with E-state index in [4.69, 9.17) is 0 Å². The lowest BCUT2D eigenvalue weighted by Crippen LogP contribution is -2.27. The van der Waals surface area contributed by atoms with E-state index in [2.05, 4.69) is 15.2 Å². The molecule has 0 bridgehead atoms. The van der Waals surface area contributed by atoms with Crippen LogP contribution in [0.1, 0.15) is 30.9 Å². The monoisotopic (exact) mass is 319 g/mol. The summed E-state index contributed by atoms with van der Waals surface area (Å²) in [7, 11) is 0. The van der Waals surface area contributed by atoms with Gasteiger partial charge in [0, 0.05) is 30.6 Å². The van der Waals surface area contributed by atoms with Crippen LogP contribution in [0.25, 0.3) is 0 Å². The van der Waals surface area contributed by atoms with Gasteiger partial charge < -0.3 is 5.32 Å². The van der Waals surface area contributed by atoms with Gasteiger partial charge in [-0.05, 0) is 37.1 Å². The second-order valence-corrected chi connectivity index (χ2v) is 6.28. The van der Waals surface area contributed by atoms with E-state index < -0.39 is 0 Å². The van der Waals surface area contributed by atoms with Crippen molar-refractivity contribution in [3.63, 3.8) is 0 Å². The Bertz CT molecular complexity index is 615. The van der Waals surface area contributed by atoms with E-state index in [0.717, 1.165) is 24.9 Å². The van der Waals surface area contributed by atoms with Gasteiger partial charge in [-0.2, -0.15) is 0 Å². The number of thiazole rings is 1. The summed E-state index contributed by atoms with van der Waals surface area (Å²) in [5.74, 6) is -0.226. The number of anilines is 1. The first-order valence-corrected chi connectivity index (χ1v) is 8.29. The van der Waals surface area contributed by atoms with Gasteiger partial charge in [0.1, 0.15) is 5.82 Å². The summed E-state index contributed by atoms with van der Waals surface area (Å²) in [5.41, 5.74) is 1.12. The number of rotatable bonds is 5. The number of benzene rings is 1. The first kappa shape index (κ1) is 15.1. The normalized spacial score (nSPS) is 18.5. The molecule has 1 aliphatic heterocycles. The molecule has 116 valence electrons. The van der Waals surface area contributed by atoms with Crippen LogP contribution in [0.2, 0.25) is 0 Å². The van der Waals surface area contributed by atoms with E-state index in [0.29, 0.717) is 18.1 Å². The number of nitrogens with zero attached hydrogens (tertiary/aromatic N) is 2. The molecule has 1 aromatic heterocycles. The number of amides is 1. The van der Waals surface area contributed by atoms with E-state index >= 15 is 0 Å². The topological polar surface area (TPSA) is 45.2 Å². The maximum atomic E-state index is 13.0. The third-order valence-corrected chi connectivity index (χ3v) is 4.61. The van der Waals surface area contributed by atoms with Gasteiger partial charge in [-0.15, -0.1) is 11.3 Å². The highest BCUT2D eigenvalue weighted by Crippen LogP contribution is 2.31. The van der Waals surface area contributed by atoms with Crippen molar-refractivity contribution >= 4 is 22.4 Å². The average Bonchev–Trinajstić information content (AvgIpc) is 3.17. The lowest BCUT2D eigenvalue weighted by atomic mass is 10.0. The fourth-order valence-electron chi connectivity index (χ4n) is 2.87. The summed E-state index contributed by atoms with van der Waals surface area (Å²) >= 11 is 1.42. The molecule has 1 saturated heterocycles. The molecule has 0 unspecified atom stereocenters. The second kappa shape index (κ2) is 6.98. The van der Waals surface area contributed by atoms with Crippen LogP contribution in [0.4, 0.5) is 9.52 Å². The smallest absolute Gasteiger partial charge is 0.227 e. The summed E-state index contributed by atoms with van der Waals surface area (Å²) in [6.45, 7) is 1.69. The Kier molecular flexibility index (Phi) is 4.80. The van der Waals surface area contributed by atoms with Gasteiger partial charge >= 0.3 is 0 Å². The van der Waals surface area contributed by atoms with Crippen molar-refractivity contribution in [2.45, 2.75) is 25.3 Å². The lowest BCUT2D eigenvalue weighted by Gasteiger charge is -2.24. The molecule has 3 rings (SSSR count). The third-order valence-electron chi connectivity index (χ3n) is 3.92. The molecule has 2 heterocycles. The first-order valence-electron chi connectivity index (χ1n) is 7.41. The van der Waals surface area contributed by atoms with Gasteiger partial charge in [-0.1, -0.05) is 12.1 Å². The van der Waals surface area contributed by atoms with Crippen LogP contribution in [0.5, 0.6) is 0 Å². The number of hydrogen-bond acceptors (Lipinski definition) is 4. The molecule has 1 fully saturated rings. The highest BCUT2D eigenvalue weighted by Gasteiger charge is 2.26. The van der Waals surface area contributed by atoms with Crippen LogP contribution in [0, 0.1) is 5.82 Å². The second-order valence-electron chi connectivity index (χ2n) is 5.38. The highest BCUT2D eigenvalue weighted by atomic mass is 32.1. The zero-order chi connectivity index (χ0) is 15.4. The average molecular weight is 319 g/mol. The summed E-state index contributed by atoms with van der Waals surface area (Å²) in [4.78, 5) is 18.3. The fraction of sp³-hybridized carbons (Fsp3) is 0.375. The molecule has 2 aromatic rings.